The van der Waals surface area contributed by atoms with Gasteiger partial charge in [0.25, 0.3) is 0 Å². The Morgan fingerprint density at radius 2 is 1.22 bits per heavy atom. The lowest BCUT2D eigenvalue weighted by molar-refractivity contribution is 0.698. The van der Waals surface area contributed by atoms with Crippen molar-refractivity contribution >= 4 is 31.9 Å². The summed E-state index contributed by atoms with van der Waals surface area (Å²) in [5, 5.41) is 0. The first-order chi connectivity index (χ1) is 4.21. The Kier molecular flexibility index (Phi) is 3.03. The van der Waals surface area contributed by atoms with Crippen LogP contribution in [0.3, 0.4) is 0 Å². The molecule has 0 aromatic heterocycles. The Hall–Kier alpha value is 0.960. The van der Waals surface area contributed by atoms with Crippen molar-refractivity contribution < 1.29 is 0 Å². The highest BCUT2D eigenvalue weighted by Gasteiger charge is 2.23. The normalized spacial score (nSPS) is 27.3. The molecule has 0 aromatic carbocycles. The molecular formula is C7H12Br2. The molecule has 1 aliphatic carbocycles. The zero-order chi connectivity index (χ0) is 6.74. The molecule has 0 unspecified atom stereocenters. The number of hydrogen-bond acceptors (Lipinski definition) is 0. The Morgan fingerprint density at radius 3 is 1.67 bits per heavy atom. The number of alkyl halides is 2. The maximum Gasteiger partial charge on any atom is 0.0805 e. The van der Waals surface area contributed by atoms with Gasteiger partial charge in [0.2, 0.25) is 0 Å². The van der Waals surface area contributed by atoms with E-state index in [9.17, 15) is 0 Å². The van der Waals surface area contributed by atoms with Crippen molar-refractivity contribution in [1.82, 2.24) is 0 Å². The standard InChI is InChI=1S/C7H12Br2/c8-7(9)5-3-1-2-4-6-7/h1-6H2. The first-order valence-corrected chi connectivity index (χ1v) is 5.17. The van der Waals surface area contributed by atoms with E-state index in [0.717, 1.165) is 0 Å². The van der Waals surface area contributed by atoms with Gasteiger partial charge in [-0.3, -0.25) is 0 Å². The Labute approximate surface area is 73.7 Å². The minimum atomic E-state index is 0.288. The minimum Gasteiger partial charge on any atom is -0.0727 e. The summed E-state index contributed by atoms with van der Waals surface area (Å²) >= 11 is 7.32. The molecule has 1 saturated carbocycles. The molecule has 0 atom stereocenters. The van der Waals surface area contributed by atoms with Gasteiger partial charge in [-0.25, -0.2) is 0 Å². The van der Waals surface area contributed by atoms with E-state index in [1.54, 1.807) is 0 Å². The van der Waals surface area contributed by atoms with E-state index in [4.69, 9.17) is 0 Å². The molecule has 9 heavy (non-hydrogen) atoms. The van der Waals surface area contributed by atoms with Crippen molar-refractivity contribution in [2.75, 3.05) is 0 Å². The van der Waals surface area contributed by atoms with E-state index in [-0.39, 0.29) is 3.23 Å². The Morgan fingerprint density at radius 1 is 0.778 bits per heavy atom. The first kappa shape index (κ1) is 8.06. The van der Waals surface area contributed by atoms with E-state index >= 15 is 0 Å². The van der Waals surface area contributed by atoms with Crippen LogP contribution in [0.25, 0.3) is 0 Å². The van der Waals surface area contributed by atoms with Gasteiger partial charge in [-0.15, -0.1) is 0 Å². The van der Waals surface area contributed by atoms with Crippen molar-refractivity contribution in [2.45, 2.75) is 41.8 Å². The van der Waals surface area contributed by atoms with Crippen molar-refractivity contribution in [3.8, 4) is 0 Å². The topological polar surface area (TPSA) is 0 Å². The predicted octanol–water partition coefficient (Wildman–Crippen LogP) is 3.83. The maximum absolute atomic E-state index is 3.66. The second kappa shape index (κ2) is 3.38. The molecule has 54 valence electrons. The van der Waals surface area contributed by atoms with Crippen LogP contribution >= 0.6 is 31.9 Å². The van der Waals surface area contributed by atoms with E-state index < -0.39 is 0 Å². The second-order valence-electron chi connectivity index (χ2n) is 2.77. The molecule has 1 aliphatic rings. The van der Waals surface area contributed by atoms with Crippen molar-refractivity contribution in [1.29, 1.82) is 0 Å². The first-order valence-electron chi connectivity index (χ1n) is 3.59. The van der Waals surface area contributed by atoms with E-state index in [1.165, 1.54) is 38.5 Å². The molecule has 0 radical (unpaired) electrons. The van der Waals surface area contributed by atoms with Crippen molar-refractivity contribution in [3.05, 3.63) is 0 Å². The summed E-state index contributed by atoms with van der Waals surface area (Å²) in [5.74, 6) is 0. The van der Waals surface area contributed by atoms with Crippen LogP contribution in [-0.4, -0.2) is 3.23 Å². The van der Waals surface area contributed by atoms with Gasteiger partial charge in [-0.1, -0.05) is 57.5 Å². The third-order valence-electron chi connectivity index (χ3n) is 1.84. The summed E-state index contributed by atoms with van der Waals surface area (Å²) in [5.41, 5.74) is 0. The van der Waals surface area contributed by atoms with Gasteiger partial charge in [0, 0.05) is 0 Å². The lowest BCUT2D eigenvalue weighted by Gasteiger charge is -2.15. The molecule has 0 bridgehead atoms. The summed E-state index contributed by atoms with van der Waals surface area (Å²) < 4.78 is 0.288. The fraction of sp³-hybridized carbons (Fsp3) is 1.00. The number of rotatable bonds is 0. The molecule has 0 amide bonds. The third kappa shape index (κ3) is 3.03. The second-order valence-corrected chi connectivity index (χ2v) is 6.87. The average Bonchev–Trinajstić information content (AvgIpc) is 1.92. The summed E-state index contributed by atoms with van der Waals surface area (Å²) in [6.07, 6.45) is 8.14. The maximum atomic E-state index is 3.66. The average molecular weight is 256 g/mol. The van der Waals surface area contributed by atoms with E-state index in [2.05, 4.69) is 31.9 Å². The summed E-state index contributed by atoms with van der Waals surface area (Å²) in [7, 11) is 0. The molecule has 2 heteroatoms. The third-order valence-corrected chi connectivity index (χ3v) is 3.42. The molecule has 0 heterocycles. The van der Waals surface area contributed by atoms with Crippen LogP contribution in [0.2, 0.25) is 0 Å². The molecule has 0 N–H and O–H groups in total. The summed E-state index contributed by atoms with van der Waals surface area (Å²) in [6.45, 7) is 0. The van der Waals surface area contributed by atoms with Crippen LogP contribution in [0, 0.1) is 0 Å². The largest absolute Gasteiger partial charge is 0.0805 e. The molecule has 0 spiro atoms. The van der Waals surface area contributed by atoms with Crippen LogP contribution in [-0.2, 0) is 0 Å². The van der Waals surface area contributed by atoms with Crippen LogP contribution in [0.15, 0.2) is 0 Å². The molecule has 1 fully saturated rings. The van der Waals surface area contributed by atoms with Crippen molar-refractivity contribution in [3.63, 3.8) is 0 Å². The number of halogens is 2. The van der Waals surface area contributed by atoms with Crippen LogP contribution in [0.1, 0.15) is 38.5 Å². The highest BCUT2D eigenvalue weighted by Crippen LogP contribution is 2.39. The smallest absolute Gasteiger partial charge is 0.0727 e. The van der Waals surface area contributed by atoms with Crippen LogP contribution in [0.5, 0.6) is 0 Å². The van der Waals surface area contributed by atoms with Crippen LogP contribution in [0.4, 0.5) is 0 Å². The van der Waals surface area contributed by atoms with Crippen molar-refractivity contribution in [2.24, 2.45) is 0 Å². The van der Waals surface area contributed by atoms with Gasteiger partial charge in [0.1, 0.15) is 0 Å². The molecule has 0 nitrogen and oxygen atoms in total. The zero-order valence-electron chi connectivity index (χ0n) is 5.50. The molecule has 0 aromatic rings. The quantitative estimate of drug-likeness (QED) is 0.456. The highest BCUT2D eigenvalue weighted by molar-refractivity contribution is 9.25. The Bertz CT molecular complexity index is 78.9. The fourth-order valence-corrected chi connectivity index (χ4v) is 2.37. The Balaban J connectivity index is 2.36. The van der Waals surface area contributed by atoms with Gasteiger partial charge >= 0.3 is 0 Å². The van der Waals surface area contributed by atoms with Gasteiger partial charge < -0.3 is 0 Å². The van der Waals surface area contributed by atoms with Gasteiger partial charge in [0.15, 0.2) is 0 Å². The lowest BCUT2D eigenvalue weighted by atomic mass is 10.2. The summed E-state index contributed by atoms with van der Waals surface area (Å²) in [6, 6.07) is 0. The van der Waals surface area contributed by atoms with E-state index in [1.807, 2.05) is 0 Å². The summed E-state index contributed by atoms with van der Waals surface area (Å²) in [4.78, 5) is 0. The molecule has 0 saturated heterocycles. The van der Waals surface area contributed by atoms with Gasteiger partial charge in [-0.2, -0.15) is 0 Å². The SMILES string of the molecule is BrC1(Br)CCCCCC1. The zero-order valence-corrected chi connectivity index (χ0v) is 8.67. The van der Waals surface area contributed by atoms with Gasteiger partial charge in [-0.05, 0) is 12.8 Å². The highest BCUT2D eigenvalue weighted by atomic mass is 79.9. The predicted molar refractivity (Wildman–Crippen MR) is 48.3 cm³/mol. The minimum absolute atomic E-state index is 0.288. The molecule has 0 aliphatic heterocycles. The fourth-order valence-electron chi connectivity index (χ4n) is 1.25. The lowest BCUT2D eigenvalue weighted by Crippen LogP contribution is -2.07. The van der Waals surface area contributed by atoms with Gasteiger partial charge in [0.05, 0.1) is 3.23 Å². The molecule has 1 rings (SSSR count). The van der Waals surface area contributed by atoms with Crippen LogP contribution < -0.4 is 0 Å². The van der Waals surface area contributed by atoms with E-state index in [0.29, 0.717) is 0 Å². The molecular weight excluding hydrogens is 244 g/mol. The monoisotopic (exact) mass is 254 g/mol. The number of hydrogen-bond donors (Lipinski definition) is 0.